The predicted molar refractivity (Wildman–Crippen MR) is 91.8 cm³/mol. The zero-order valence-corrected chi connectivity index (χ0v) is 14.1. The Hall–Kier alpha value is -1.55. The van der Waals surface area contributed by atoms with Gasteiger partial charge in [-0.25, -0.2) is 0 Å². The summed E-state index contributed by atoms with van der Waals surface area (Å²) in [6.45, 7) is 4.21. The van der Waals surface area contributed by atoms with Gasteiger partial charge in [-0.15, -0.1) is 11.8 Å². The first-order valence-corrected chi connectivity index (χ1v) is 8.57. The van der Waals surface area contributed by atoms with E-state index in [2.05, 4.69) is 6.92 Å². The molecule has 0 spiro atoms. The molecule has 120 valence electrons. The fourth-order valence-electron chi connectivity index (χ4n) is 1.84. The summed E-state index contributed by atoms with van der Waals surface area (Å²) in [5.74, 6) is 0.344. The highest BCUT2D eigenvalue weighted by molar-refractivity contribution is 8.01. The van der Waals surface area contributed by atoms with Crippen LogP contribution in [0.2, 0.25) is 0 Å². The minimum atomic E-state index is -0.743. The van der Waals surface area contributed by atoms with Crippen LogP contribution in [0.5, 0.6) is 0 Å². The molecular formula is C18H24O3S. The first-order chi connectivity index (χ1) is 10.6. The second kappa shape index (κ2) is 10.2. The molecule has 0 N–H and O–H groups in total. The summed E-state index contributed by atoms with van der Waals surface area (Å²) in [7, 11) is 0. The Morgan fingerprint density at radius 1 is 1.27 bits per heavy atom. The van der Waals surface area contributed by atoms with Crippen LogP contribution in [-0.2, 0) is 20.9 Å². The highest BCUT2D eigenvalue weighted by Gasteiger charge is 2.32. The van der Waals surface area contributed by atoms with E-state index in [9.17, 15) is 9.59 Å². The van der Waals surface area contributed by atoms with Gasteiger partial charge in [0, 0.05) is 12.2 Å². The smallest absolute Gasteiger partial charge is 0.326 e. The summed E-state index contributed by atoms with van der Waals surface area (Å²) < 4.78 is 4.71. The molecule has 0 aliphatic rings. The average Bonchev–Trinajstić information content (AvgIpc) is 2.54. The number of aldehydes is 1. The van der Waals surface area contributed by atoms with Crippen LogP contribution in [0, 0.1) is 0 Å². The molecule has 22 heavy (non-hydrogen) atoms. The number of hydrogen-bond acceptors (Lipinski definition) is 4. The number of thioether (sulfide) groups is 1. The number of ether oxygens (including phenoxy) is 1. The average molecular weight is 320 g/mol. The molecule has 0 saturated heterocycles. The molecule has 1 rings (SSSR count). The van der Waals surface area contributed by atoms with Crippen molar-refractivity contribution in [2.75, 3.05) is 5.75 Å². The molecule has 3 nitrogen and oxygen atoms in total. The summed E-state index contributed by atoms with van der Waals surface area (Å²) >= 11 is 1.45. The molecular weight excluding hydrogens is 296 g/mol. The second-order valence-electron chi connectivity index (χ2n) is 5.16. The fraction of sp³-hybridized carbons (Fsp3) is 0.444. The zero-order chi connectivity index (χ0) is 16.3. The maximum Gasteiger partial charge on any atom is 0.326 e. The van der Waals surface area contributed by atoms with Crippen LogP contribution < -0.4 is 0 Å². The lowest BCUT2D eigenvalue weighted by Crippen LogP contribution is -2.32. The van der Waals surface area contributed by atoms with Crippen LogP contribution in [-0.4, -0.2) is 22.8 Å². The number of esters is 1. The molecule has 0 fully saturated rings. The van der Waals surface area contributed by atoms with E-state index < -0.39 is 4.75 Å². The number of rotatable bonds is 10. The van der Waals surface area contributed by atoms with E-state index in [4.69, 9.17) is 4.74 Å². The molecule has 4 heteroatoms. The lowest BCUT2D eigenvalue weighted by molar-refractivity contribution is -0.146. The Balaban J connectivity index is 2.66. The van der Waals surface area contributed by atoms with Gasteiger partial charge >= 0.3 is 5.97 Å². The monoisotopic (exact) mass is 320 g/mol. The Morgan fingerprint density at radius 2 is 2.00 bits per heavy atom. The summed E-state index contributed by atoms with van der Waals surface area (Å²) in [5, 5.41) is 0. The van der Waals surface area contributed by atoms with E-state index in [0.29, 0.717) is 12.2 Å². The number of benzene rings is 1. The minimum Gasteiger partial charge on any atom is -0.460 e. The largest absolute Gasteiger partial charge is 0.460 e. The Bertz CT molecular complexity index is 484. The number of carbonyl (C=O) groups is 2. The van der Waals surface area contributed by atoms with Crippen molar-refractivity contribution in [1.82, 2.24) is 0 Å². The molecule has 0 aliphatic heterocycles. The first-order valence-electron chi connectivity index (χ1n) is 7.59. The van der Waals surface area contributed by atoms with Gasteiger partial charge in [-0.1, -0.05) is 55.8 Å². The molecule has 0 aliphatic carbocycles. The molecule has 0 aromatic heterocycles. The van der Waals surface area contributed by atoms with Gasteiger partial charge in [-0.3, -0.25) is 4.79 Å². The van der Waals surface area contributed by atoms with Gasteiger partial charge in [0.05, 0.1) is 0 Å². The third kappa shape index (κ3) is 6.48. The van der Waals surface area contributed by atoms with Gasteiger partial charge in [0.25, 0.3) is 0 Å². The van der Waals surface area contributed by atoms with E-state index in [1.54, 1.807) is 0 Å². The first kappa shape index (κ1) is 18.5. The van der Waals surface area contributed by atoms with Crippen molar-refractivity contribution in [3.05, 3.63) is 48.0 Å². The zero-order valence-electron chi connectivity index (χ0n) is 13.3. The van der Waals surface area contributed by atoms with Crippen LogP contribution in [0.15, 0.2) is 42.5 Å². The van der Waals surface area contributed by atoms with Gasteiger partial charge in [0.2, 0.25) is 0 Å². The Morgan fingerprint density at radius 3 is 2.64 bits per heavy atom. The van der Waals surface area contributed by atoms with Gasteiger partial charge in [0.15, 0.2) is 0 Å². The van der Waals surface area contributed by atoms with Crippen LogP contribution in [0.4, 0.5) is 0 Å². The number of allylic oxidation sites excluding steroid dienone is 1. The highest BCUT2D eigenvalue weighted by Crippen LogP contribution is 2.29. The second-order valence-corrected chi connectivity index (χ2v) is 6.71. The molecule has 0 unspecified atom stereocenters. The van der Waals surface area contributed by atoms with E-state index >= 15 is 0 Å². The molecule has 1 atom stereocenters. The number of unbranched alkanes of at least 4 members (excludes halogenated alkanes) is 1. The van der Waals surface area contributed by atoms with E-state index in [1.165, 1.54) is 11.8 Å². The van der Waals surface area contributed by atoms with Crippen molar-refractivity contribution in [3.8, 4) is 0 Å². The van der Waals surface area contributed by atoms with E-state index in [-0.39, 0.29) is 12.6 Å². The quantitative estimate of drug-likeness (QED) is 0.281. The van der Waals surface area contributed by atoms with Crippen molar-refractivity contribution in [3.63, 3.8) is 0 Å². The summed E-state index contributed by atoms with van der Waals surface area (Å²) in [5.41, 5.74) is 0.966. The Labute approximate surface area is 137 Å². The summed E-state index contributed by atoms with van der Waals surface area (Å²) in [6, 6.07) is 9.62. The van der Waals surface area contributed by atoms with Gasteiger partial charge in [0.1, 0.15) is 17.6 Å². The normalized spacial score (nSPS) is 13.7. The van der Waals surface area contributed by atoms with E-state index in [0.717, 1.165) is 24.7 Å². The van der Waals surface area contributed by atoms with E-state index in [1.807, 2.05) is 49.4 Å². The maximum atomic E-state index is 12.4. The topological polar surface area (TPSA) is 43.4 Å². The number of hydrogen-bond donors (Lipinski definition) is 0. The van der Waals surface area contributed by atoms with Crippen LogP contribution >= 0.6 is 11.8 Å². The summed E-state index contributed by atoms with van der Waals surface area (Å²) in [6.07, 6.45) is 7.18. The van der Waals surface area contributed by atoms with Crippen molar-refractivity contribution >= 4 is 24.0 Å². The standard InChI is InChI=1S/C18H24O3S/c1-3-4-8-12-18(2,22-14-9-13-19)17(20)21-15-16-10-6-5-7-11-16/h5-8,10-13H,3-4,9,14-15H2,1-2H3/t18-/m1/s1. The van der Waals surface area contributed by atoms with Crippen molar-refractivity contribution in [1.29, 1.82) is 0 Å². The van der Waals surface area contributed by atoms with Gasteiger partial charge < -0.3 is 9.53 Å². The molecule has 1 aromatic rings. The van der Waals surface area contributed by atoms with Crippen LogP contribution in [0.25, 0.3) is 0 Å². The predicted octanol–water partition coefficient (Wildman–Crippen LogP) is 4.17. The maximum absolute atomic E-state index is 12.4. The molecule has 0 heterocycles. The van der Waals surface area contributed by atoms with Crippen LogP contribution in [0.1, 0.15) is 38.7 Å². The third-order valence-corrected chi connectivity index (χ3v) is 4.49. The molecule has 1 aromatic carbocycles. The van der Waals surface area contributed by atoms with Gasteiger partial charge in [-0.05, 0) is 18.9 Å². The molecule has 0 radical (unpaired) electrons. The third-order valence-electron chi connectivity index (χ3n) is 3.15. The molecule has 0 bridgehead atoms. The molecule has 0 amide bonds. The summed E-state index contributed by atoms with van der Waals surface area (Å²) in [4.78, 5) is 22.9. The Kier molecular flexibility index (Phi) is 8.60. The lowest BCUT2D eigenvalue weighted by Gasteiger charge is -2.23. The molecule has 0 saturated carbocycles. The highest BCUT2D eigenvalue weighted by atomic mass is 32.2. The van der Waals surface area contributed by atoms with Crippen molar-refractivity contribution < 1.29 is 14.3 Å². The van der Waals surface area contributed by atoms with Crippen LogP contribution in [0.3, 0.4) is 0 Å². The van der Waals surface area contributed by atoms with Gasteiger partial charge in [-0.2, -0.15) is 0 Å². The lowest BCUT2D eigenvalue weighted by atomic mass is 10.1. The SMILES string of the molecule is CCCC=C[C@@](C)(SCCC=O)C(=O)OCc1ccccc1. The fourth-order valence-corrected chi connectivity index (χ4v) is 2.84. The number of carbonyl (C=O) groups excluding carboxylic acids is 2. The van der Waals surface area contributed by atoms with Crippen molar-refractivity contribution in [2.24, 2.45) is 0 Å². The van der Waals surface area contributed by atoms with Crippen molar-refractivity contribution in [2.45, 2.75) is 44.5 Å². The minimum absolute atomic E-state index is 0.264.